The van der Waals surface area contributed by atoms with E-state index in [2.05, 4.69) is 175 Å². The smallest absolute Gasteiger partial charge is 0.167 e. The molecule has 0 radical (unpaired) electrons. The number of rotatable bonds is 8. The number of furan rings is 2. The van der Waals surface area contributed by atoms with Gasteiger partial charge >= 0.3 is 0 Å². The molecule has 6 nitrogen and oxygen atoms in total. The van der Waals surface area contributed by atoms with Crippen molar-refractivity contribution < 1.29 is 8.83 Å². The Bertz CT molecular complexity index is 4220. The average molecular weight is 885 g/mol. The number of allylic oxidation sites excluding steroid dienone is 1. The van der Waals surface area contributed by atoms with E-state index in [4.69, 9.17) is 23.8 Å². The van der Waals surface area contributed by atoms with E-state index in [1.807, 2.05) is 54.6 Å². The molecule has 0 amide bonds. The fourth-order valence-electron chi connectivity index (χ4n) is 9.93. The van der Waals surface area contributed by atoms with Crippen LogP contribution in [-0.2, 0) is 0 Å². The van der Waals surface area contributed by atoms with E-state index in [0.717, 1.165) is 93.8 Å². The predicted molar refractivity (Wildman–Crippen MR) is 282 cm³/mol. The lowest BCUT2D eigenvalue weighted by atomic mass is 9.92. The van der Waals surface area contributed by atoms with Crippen LogP contribution < -0.4 is 10.6 Å². The van der Waals surface area contributed by atoms with Crippen LogP contribution in [0, 0.1) is 0 Å². The largest absolute Gasteiger partial charge is 0.456 e. The molecule has 4 aromatic heterocycles. The Kier molecular flexibility index (Phi) is 9.37. The van der Waals surface area contributed by atoms with E-state index in [1.54, 1.807) is 6.08 Å². The lowest BCUT2D eigenvalue weighted by Gasteiger charge is -2.21. The van der Waals surface area contributed by atoms with Crippen molar-refractivity contribution >= 4 is 66.9 Å². The highest BCUT2D eigenvalue weighted by molar-refractivity contribution is 6.12. The van der Waals surface area contributed by atoms with Gasteiger partial charge < -0.3 is 13.4 Å². The van der Waals surface area contributed by atoms with Crippen molar-refractivity contribution in [3.63, 3.8) is 0 Å². The van der Waals surface area contributed by atoms with Crippen molar-refractivity contribution in [3.05, 3.63) is 241 Å². The number of para-hydroxylation sites is 3. The zero-order valence-electron chi connectivity index (χ0n) is 37.3. The molecule has 0 aliphatic heterocycles. The molecule has 69 heavy (non-hydrogen) atoms. The normalized spacial score (nSPS) is 12.1. The molecule has 13 aromatic rings. The Morgan fingerprint density at radius 2 is 0.942 bits per heavy atom. The van der Waals surface area contributed by atoms with E-state index in [9.17, 15) is 0 Å². The van der Waals surface area contributed by atoms with Gasteiger partial charge in [0.15, 0.2) is 17.5 Å². The first-order chi connectivity index (χ1) is 34.1. The van der Waals surface area contributed by atoms with Crippen molar-refractivity contribution in [1.82, 2.24) is 19.5 Å². The van der Waals surface area contributed by atoms with Crippen LogP contribution in [0.1, 0.15) is 5.82 Å². The zero-order valence-corrected chi connectivity index (χ0v) is 37.3. The maximum absolute atomic E-state index is 6.51. The number of hydrogen-bond acceptors (Lipinski definition) is 5. The summed E-state index contributed by atoms with van der Waals surface area (Å²) in [5.41, 5.74) is 14.7. The summed E-state index contributed by atoms with van der Waals surface area (Å²) in [6.07, 6.45) is 1.75. The van der Waals surface area contributed by atoms with Crippen LogP contribution in [0.15, 0.2) is 234 Å². The van der Waals surface area contributed by atoms with Crippen LogP contribution in [0.4, 0.5) is 0 Å². The summed E-state index contributed by atoms with van der Waals surface area (Å²) in [5.74, 6) is 1.36. The number of benzene rings is 9. The second-order valence-corrected chi connectivity index (χ2v) is 17.2. The van der Waals surface area contributed by atoms with Gasteiger partial charge in [-0.25, -0.2) is 15.0 Å². The van der Waals surface area contributed by atoms with Crippen molar-refractivity contribution in [3.8, 4) is 61.8 Å². The SMILES string of the molecule is C=C/C(c1nc(-c2cc(-c3ccccc3)c(-n3c4ccccc4c4cc(-c5ccccc5)ccc43)c(-c3ccccc3)c2)nc(-c2ccc3c(c2)oc2ccccc23)n1)=c1/oc2ccccc2c1=C. The summed E-state index contributed by atoms with van der Waals surface area (Å²) in [7, 11) is 0. The first kappa shape index (κ1) is 39.9. The van der Waals surface area contributed by atoms with Gasteiger partial charge in [-0.2, -0.15) is 0 Å². The van der Waals surface area contributed by atoms with Crippen LogP contribution in [0.25, 0.3) is 129 Å². The topological polar surface area (TPSA) is 69.9 Å². The molecule has 0 N–H and O–H groups in total. The standard InChI is InChI=1S/C63H40N4O2/c1-3-46(60-39(2)47-25-14-17-29-56(47)69-60)63-65-61(44-31-33-50-49-27-15-18-30-57(49)68-58(50)38-44)64-62(66-63)45-36-51(41-21-9-5-10-22-41)59(52(37-45)42-23-11-6-12-24-42)67-54-28-16-13-26-48(54)53-35-43(32-34-55(53)67)40-19-7-4-8-20-40/h3-38H,1-2H2/b60-46-. The van der Waals surface area contributed by atoms with Gasteiger partial charge in [0.25, 0.3) is 0 Å². The molecule has 0 aliphatic rings. The fourth-order valence-corrected chi connectivity index (χ4v) is 9.93. The van der Waals surface area contributed by atoms with Crippen LogP contribution in [0.3, 0.4) is 0 Å². The lowest BCUT2D eigenvalue weighted by molar-refractivity contribution is 0.573. The van der Waals surface area contributed by atoms with Crippen molar-refractivity contribution in [1.29, 1.82) is 0 Å². The Morgan fingerprint density at radius 1 is 0.406 bits per heavy atom. The van der Waals surface area contributed by atoms with Crippen molar-refractivity contribution in [2.75, 3.05) is 0 Å². The molecule has 13 rings (SSSR count). The van der Waals surface area contributed by atoms with Crippen LogP contribution in [0.5, 0.6) is 0 Å². The third kappa shape index (κ3) is 6.69. The Hall–Kier alpha value is -9.39. The summed E-state index contributed by atoms with van der Waals surface area (Å²) in [6.45, 7) is 8.73. The number of fused-ring (bicyclic) bond motifs is 7. The second-order valence-electron chi connectivity index (χ2n) is 17.2. The van der Waals surface area contributed by atoms with Gasteiger partial charge in [0.1, 0.15) is 22.2 Å². The lowest BCUT2D eigenvalue weighted by Crippen LogP contribution is -2.22. The third-order valence-corrected chi connectivity index (χ3v) is 13.2. The van der Waals surface area contributed by atoms with Gasteiger partial charge in [-0.3, -0.25) is 0 Å². The predicted octanol–water partition coefficient (Wildman–Crippen LogP) is 14.7. The molecule has 6 heteroatoms. The van der Waals surface area contributed by atoms with Gasteiger partial charge in [0, 0.05) is 54.4 Å². The third-order valence-electron chi connectivity index (χ3n) is 13.2. The van der Waals surface area contributed by atoms with Gasteiger partial charge in [0.05, 0.1) is 22.3 Å². The molecule has 0 bridgehead atoms. The van der Waals surface area contributed by atoms with E-state index in [1.165, 1.54) is 16.3 Å². The first-order valence-corrected chi connectivity index (χ1v) is 23.0. The zero-order chi connectivity index (χ0) is 46.0. The molecular formula is C63H40N4O2. The summed E-state index contributed by atoms with van der Waals surface area (Å²) < 4.78 is 15.3. The Balaban J connectivity index is 1.11. The minimum absolute atomic E-state index is 0.405. The molecule has 0 atom stereocenters. The Morgan fingerprint density at radius 3 is 1.61 bits per heavy atom. The van der Waals surface area contributed by atoms with E-state index in [-0.39, 0.29) is 0 Å². The van der Waals surface area contributed by atoms with E-state index < -0.39 is 0 Å². The Labute approximate surface area is 396 Å². The monoisotopic (exact) mass is 884 g/mol. The number of aromatic nitrogens is 4. The average Bonchev–Trinajstić information content (AvgIpc) is 4.07. The molecule has 0 spiro atoms. The van der Waals surface area contributed by atoms with Crippen LogP contribution in [-0.4, -0.2) is 19.5 Å². The molecule has 324 valence electrons. The summed E-state index contributed by atoms with van der Waals surface area (Å²) >= 11 is 0. The molecule has 9 aromatic carbocycles. The highest BCUT2D eigenvalue weighted by Gasteiger charge is 2.24. The summed E-state index contributed by atoms with van der Waals surface area (Å²) in [4.78, 5) is 15.9. The molecule has 0 saturated heterocycles. The van der Waals surface area contributed by atoms with Crippen LogP contribution in [0.2, 0.25) is 0 Å². The molecule has 0 unspecified atom stereocenters. The summed E-state index contributed by atoms with van der Waals surface area (Å²) in [6, 6.07) is 73.8. The molecule has 0 aliphatic carbocycles. The maximum atomic E-state index is 6.51. The highest BCUT2D eigenvalue weighted by atomic mass is 16.3. The van der Waals surface area contributed by atoms with Crippen molar-refractivity contribution in [2.24, 2.45) is 0 Å². The van der Waals surface area contributed by atoms with Crippen molar-refractivity contribution in [2.45, 2.75) is 0 Å². The van der Waals surface area contributed by atoms with Gasteiger partial charge in [-0.1, -0.05) is 177 Å². The van der Waals surface area contributed by atoms with E-state index in [0.29, 0.717) is 28.5 Å². The summed E-state index contributed by atoms with van der Waals surface area (Å²) in [5, 5.41) is 6.05. The van der Waals surface area contributed by atoms with E-state index >= 15 is 0 Å². The minimum Gasteiger partial charge on any atom is -0.456 e. The number of hydrogen-bond donors (Lipinski definition) is 0. The molecule has 4 heterocycles. The van der Waals surface area contributed by atoms with Crippen LogP contribution >= 0.6 is 0 Å². The van der Waals surface area contributed by atoms with Gasteiger partial charge in [0.2, 0.25) is 0 Å². The molecule has 0 fully saturated rings. The molecular weight excluding hydrogens is 845 g/mol. The number of nitrogens with zero attached hydrogens (tertiary/aromatic N) is 4. The van der Waals surface area contributed by atoms with Gasteiger partial charge in [-0.15, -0.1) is 0 Å². The quantitative estimate of drug-likeness (QED) is 0.152. The van der Waals surface area contributed by atoms with Gasteiger partial charge in [-0.05, 0) is 76.9 Å². The highest BCUT2D eigenvalue weighted by Crippen LogP contribution is 2.44. The second kappa shape index (κ2) is 16.2. The maximum Gasteiger partial charge on any atom is 0.167 e. The first-order valence-electron chi connectivity index (χ1n) is 23.0. The fraction of sp³-hybridized carbons (Fsp3) is 0. The minimum atomic E-state index is 0.405. The molecule has 0 saturated carbocycles.